The normalized spacial score (nSPS) is 32.6. The van der Waals surface area contributed by atoms with Crippen LogP contribution in [0, 0.1) is 11.8 Å². The van der Waals surface area contributed by atoms with Crippen LogP contribution in [0.4, 0.5) is 0 Å². The summed E-state index contributed by atoms with van der Waals surface area (Å²) < 4.78 is 0. The van der Waals surface area contributed by atoms with Gasteiger partial charge in [0.15, 0.2) is 0 Å². The quantitative estimate of drug-likeness (QED) is 0.695. The lowest BCUT2D eigenvalue weighted by molar-refractivity contribution is -0.122. The lowest BCUT2D eigenvalue weighted by Gasteiger charge is -2.34. The maximum Gasteiger partial charge on any atom is 0.221 e. The smallest absolute Gasteiger partial charge is 0.221 e. The Morgan fingerprint density at radius 3 is 2.79 bits per heavy atom. The van der Waals surface area contributed by atoms with Crippen molar-refractivity contribution in [3.8, 4) is 0 Å². The molecule has 0 bridgehead atoms. The molecule has 3 unspecified atom stereocenters. The van der Waals surface area contributed by atoms with Crippen molar-refractivity contribution < 1.29 is 4.79 Å². The Labute approximate surface area is 92.2 Å². The van der Waals surface area contributed by atoms with Crippen molar-refractivity contribution in [2.45, 2.75) is 45.6 Å². The molecule has 0 aromatic rings. The molecule has 0 spiro atoms. The molecule has 1 amide bonds. The van der Waals surface area contributed by atoms with E-state index in [0.717, 1.165) is 12.3 Å². The van der Waals surface area contributed by atoms with Crippen LogP contribution in [0.5, 0.6) is 0 Å². The van der Waals surface area contributed by atoms with Crippen molar-refractivity contribution in [1.82, 2.24) is 5.32 Å². The highest BCUT2D eigenvalue weighted by Crippen LogP contribution is 2.29. The highest BCUT2D eigenvalue weighted by Gasteiger charge is 2.27. The van der Waals surface area contributed by atoms with E-state index in [4.69, 9.17) is 0 Å². The zero-order chi connectivity index (χ0) is 10.6. The zero-order valence-corrected chi connectivity index (χ0v) is 10.0. The summed E-state index contributed by atoms with van der Waals surface area (Å²) in [6.45, 7) is 4.52. The SMILES string of the molecule is CC1CCCC(NC(=O)CCS)C1C. The van der Waals surface area contributed by atoms with Crippen LogP contribution in [0.3, 0.4) is 0 Å². The lowest BCUT2D eigenvalue weighted by atomic mass is 9.78. The van der Waals surface area contributed by atoms with Gasteiger partial charge in [-0.15, -0.1) is 0 Å². The van der Waals surface area contributed by atoms with E-state index in [9.17, 15) is 4.79 Å². The van der Waals surface area contributed by atoms with E-state index in [1.807, 2.05) is 0 Å². The first-order valence-corrected chi connectivity index (χ1v) is 6.18. The first-order chi connectivity index (χ1) is 6.65. The fourth-order valence-electron chi connectivity index (χ4n) is 2.17. The molecule has 3 heteroatoms. The van der Waals surface area contributed by atoms with Gasteiger partial charge in [-0.1, -0.05) is 26.7 Å². The van der Waals surface area contributed by atoms with E-state index in [1.165, 1.54) is 12.8 Å². The first kappa shape index (κ1) is 11.9. The number of thiol groups is 1. The van der Waals surface area contributed by atoms with Gasteiger partial charge in [0.2, 0.25) is 5.91 Å². The highest BCUT2D eigenvalue weighted by molar-refractivity contribution is 7.80. The van der Waals surface area contributed by atoms with Gasteiger partial charge in [0.25, 0.3) is 0 Å². The third-order valence-corrected chi connectivity index (χ3v) is 3.62. The minimum absolute atomic E-state index is 0.158. The van der Waals surface area contributed by atoms with Gasteiger partial charge in [-0.2, -0.15) is 12.6 Å². The standard InChI is InChI=1S/C11H21NOS/c1-8-4-3-5-10(9(8)2)12-11(13)6-7-14/h8-10,14H,3-7H2,1-2H3,(H,12,13). The average molecular weight is 215 g/mol. The molecule has 1 N–H and O–H groups in total. The predicted molar refractivity (Wildman–Crippen MR) is 62.6 cm³/mol. The Morgan fingerprint density at radius 1 is 1.43 bits per heavy atom. The summed E-state index contributed by atoms with van der Waals surface area (Å²) in [5, 5.41) is 3.11. The Bertz CT molecular complexity index is 196. The second kappa shape index (κ2) is 5.64. The topological polar surface area (TPSA) is 29.1 Å². The molecule has 0 radical (unpaired) electrons. The van der Waals surface area contributed by atoms with Crippen molar-refractivity contribution >= 4 is 18.5 Å². The second-order valence-corrected chi connectivity index (χ2v) is 4.86. The monoisotopic (exact) mass is 215 g/mol. The minimum Gasteiger partial charge on any atom is -0.353 e. The average Bonchev–Trinajstić information content (AvgIpc) is 2.13. The maximum absolute atomic E-state index is 11.4. The molecule has 14 heavy (non-hydrogen) atoms. The molecule has 1 aliphatic carbocycles. The molecule has 1 saturated carbocycles. The molecule has 2 nitrogen and oxygen atoms in total. The fourth-order valence-corrected chi connectivity index (χ4v) is 2.37. The van der Waals surface area contributed by atoms with Gasteiger partial charge in [-0.25, -0.2) is 0 Å². The van der Waals surface area contributed by atoms with Crippen LogP contribution in [0.15, 0.2) is 0 Å². The Balaban J connectivity index is 2.39. The number of rotatable bonds is 3. The molecule has 0 saturated heterocycles. The summed E-state index contributed by atoms with van der Waals surface area (Å²) >= 11 is 4.06. The van der Waals surface area contributed by atoms with Crippen molar-refractivity contribution in [2.24, 2.45) is 11.8 Å². The van der Waals surface area contributed by atoms with Gasteiger partial charge in [-0.05, 0) is 24.0 Å². The van der Waals surface area contributed by atoms with Crippen LogP contribution in [-0.4, -0.2) is 17.7 Å². The molecule has 0 heterocycles. The Kier molecular flexibility index (Phi) is 4.79. The van der Waals surface area contributed by atoms with Gasteiger partial charge >= 0.3 is 0 Å². The third-order valence-electron chi connectivity index (χ3n) is 3.39. The Morgan fingerprint density at radius 2 is 2.14 bits per heavy atom. The van der Waals surface area contributed by atoms with Gasteiger partial charge in [0, 0.05) is 12.5 Å². The highest BCUT2D eigenvalue weighted by atomic mass is 32.1. The van der Waals surface area contributed by atoms with E-state index < -0.39 is 0 Å². The Hall–Kier alpha value is -0.180. The van der Waals surface area contributed by atoms with E-state index >= 15 is 0 Å². The molecule has 0 aliphatic heterocycles. The summed E-state index contributed by atoms with van der Waals surface area (Å²) in [5.41, 5.74) is 0. The third kappa shape index (κ3) is 3.19. The van der Waals surface area contributed by atoms with Crippen LogP contribution in [-0.2, 0) is 4.79 Å². The molecule has 0 aromatic carbocycles. The maximum atomic E-state index is 11.4. The number of carbonyl (C=O) groups excluding carboxylic acids is 1. The van der Waals surface area contributed by atoms with Gasteiger partial charge in [0.05, 0.1) is 0 Å². The summed E-state index contributed by atoms with van der Waals surface area (Å²) in [6, 6.07) is 0.395. The summed E-state index contributed by atoms with van der Waals surface area (Å²) in [5.74, 6) is 2.16. The summed E-state index contributed by atoms with van der Waals surface area (Å²) in [6.07, 6.45) is 4.24. The summed E-state index contributed by atoms with van der Waals surface area (Å²) in [4.78, 5) is 11.4. The molecular formula is C11H21NOS. The molecule has 1 rings (SSSR count). The largest absolute Gasteiger partial charge is 0.353 e. The molecule has 0 aromatic heterocycles. The molecule has 3 atom stereocenters. The van der Waals surface area contributed by atoms with Gasteiger partial charge in [-0.3, -0.25) is 4.79 Å². The second-order valence-electron chi connectivity index (χ2n) is 4.41. The predicted octanol–water partition coefficient (Wildman–Crippen LogP) is 2.25. The van der Waals surface area contributed by atoms with Crippen LogP contribution in [0.1, 0.15) is 39.5 Å². The first-order valence-electron chi connectivity index (χ1n) is 5.55. The van der Waals surface area contributed by atoms with E-state index in [1.54, 1.807) is 0 Å². The minimum atomic E-state index is 0.158. The molecule has 1 aliphatic rings. The number of amides is 1. The van der Waals surface area contributed by atoms with Crippen molar-refractivity contribution in [3.63, 3.8) is 0 Å². The van der Waals surface area contributed by atoms with Crippen molar-refractivity contribution in [2.75, 3.05) is 5.75 Å². The summed E-state index contributed by atoms with van der Waals surface area (Å²) in [7, 11) is 0. The van der Waals surface area contributed by atoms with Crippen LogP contribution in [0.2, 0.25) is 0 Å². The fraction of sp³-hybridized carbons (Fsp3) is 0.909. The van der Waals surface area contributed by atoms with E-state index in [-0.39, 0.29) is 5.91 Å². The van der Waals surface area contributed by atoms with Crippen LogP contribution in [0.25, 0.3) is 0 Å². The number of nitrogens with one attached hydrogen (secondary N) is 1. The van der Waals surface area contributed by atoms with Crippen molar-refractivity contribution in [3.05, 3.63) is 0 Å². The molecule has 82 valence electrons. The van der Waals surface area contributed by atoms with E-state index in [2.05, 4.69) is 31.8 Å². The van der Waals surface area contributed by atoms with Gasteiger partial charge < -0.3 is 5.32 Å². The molecule has 1 fully saturated rings. The lowest BCUT2D eigenvalue weighted by Crippen LogP contribution is -2.43. The number of carbonyl (C=O) groups is 1. The van der Waals surface area contributed by atoms with Crippen LogP contribution >= 0.6 is 12.6 Å². The van der Waals surface area contributed by atoms with Gasteiger partial charge in [0.1, 0.15) is 0 Å². The van der Waals surface area contributed by atoms with Crippen molar-refractivity contribution in [1.29, 1.82) is 0 Å². The number of hydrogen-bond donors (Lipinski definition) is 2. The van der Waals surface area contributed by atoms with Crippen LogP contribution < -0.4 is 5.32 Å². The van der Waals surface area contributed by atoms with E-state index in [0.29, 0.717) is 24.1 Å². The zero-order valence-electron chi connectivity index (χ0n) is 9.12. The number of hydrogen-bond acceptors (Lipinski definition) is 2. The molecular weight excluding hydrogens is 194 g/mol.